The lowest BCUT2D eigenvalue weighted by atomic mass is 10.1. The number of hydrogen-bond donors (Lipinski definition) is 0. The monoisotopic (exact) mass is 319 g/mol. The number of methoxy groups -OCH3 is 1. The molecule has 0 aliphatic carbocycles. The van der Waals surface area contributed by atoms with Crippen LogP contribution in [0, 0.1) is 10.1 Å². The maximum atomic E-state index is 12.2. The summed E-state index contributed by atoms with van der Waals surface area (Å²) in [6, 6.07) is 8.46. The van der Waals surface area contributed by atoms with Crippen LogP contribution in [0.25, 0.3) is 0 Å². The van der Waals surface area contributed by atoms with Crippen molar-refractivity contribution in [1.82, 2.24) is 0 Å². The third kappa shape index (κ3) is 3.73. The molecule has 1 aromatic carbocycles. The van der Waals surface area contributed by atoms with Crippen molar-refractivity contribution in [3.8, 4) is 5.75 Å². The number of hydrogen-bond acceptors (Lipinski definition) is 7. The van der Waals surface area contributed by atoms with E-state index < -0.39 is 28.7 Å². The Morgan fingerprint density at radius 1 is 1.17 bits per heavy atom. The van der Waals surface area contributed by atoms with Crippen LogP contribution in [0.2, 0.25) is 0 Å². The molecule has 0 saturated carbocycles. The highest BCUT2D eigenvalue weighted by Gasteiger charge is 2.24. The number of nitrogens with zero attached hydrogens (tertiary/aromatic N) is 1. The van der Waals surface area contributed by atoms with Gasteiger partial charge in [-0.2, -0.15) is 0 Å². The minimum Gasteiger partial charge on any atom is -0.497 e. The van der Waals surface area contributed by atoms with Gasteiger partial charge < -0.3 is 13.9 Å². The first-order valence-corrected chi connectivity index (χ1v) is 6.56. The molecule has 2 rings (SSSR count). The number of carbonyl (C=O) groups is 2. The number of ether oxygens (including phenoxy) is 2. The molecule has 0 amide bonds. The van der Waals surface area contributed by atoms with Gasteiger partial charge in [0.25, 0.3) is 0 Å². The van der Waals surface area contributed by atoms with Gasteiger partial charge in [-0.3, -0.25) is 14.9 Å². The number of Topliss-reactive ketones (excluding diaryl/α,β-unsaturated/α-hetero) is 1. The average Bonchev–Trinajstić information content (AvgIpc) is 3.04. The van der Waals surface area contributed by atoms with E-state index in [1.165, 1.54) is 14.0 Å². The van der Waals surface area contributed by atoms with Gasteiger partial charge in [0.05, 0.1) is 13.2 Å². The average molecular weight is 319 g/mol. The van der Waals surface area contributed by atoms with E-state index in [4.69, 9.17) is 13.9 Å². The van der Waals surface area contributed by atoms with E-state index in [0.29, 0.717) is 11.3 Å². The minimum atomic E-state index is -1.07. The lowest BCUT2D eigenvalue weighted by molar-refractivity contribution is -0.402. The zero-order valence-corrected chi connectivity index (χ0v) is 12.3. The van der Waals surface area contributed by atoms with Crippen molar-refractivity contribution >= 4 is 17.6 Å². The number of esters is 1. The molecular formula is C15H13NO7. The zero-order valence-electron chi connectivity index (χ0n) is 12.3. The zero-order chi connectivity index (χ0) is 17.0. The standard InChI is InChI=1S/C15H13NO7/c1-9(14(17)10-3-5-11(21-2)6-4-10)22-15(18)12-7-8-13(23-12)16(19)20/h3-9H,1-2H3/t9-/m0/s1. The third-order valence-corrected chi connectivity index (χ3v) is 3.00. The Labute approximate surface area is 130 Å². The minimum absolute atomic E-state index is 0.342. The van der Waals surface area contributed by atoms with Crippen LogP contribution < -0.4 is 4.74 Å². The van der Waals surface area contributed by atoms with Crippen LogP contribution >= 0.6 is 0 Å². The van der Waals surface area contributed by atoms with Crippen LogP contribution in [0.4, 0.5) is 5.88 Å². The Morgan fingerprint density at radius 2 is 1.83 bits per heavy atom. The van der Waals surface area contributed by atoms with E-state index in [1.807, 2.05) is 0 Å². The second kappa shape index (κ2) is 6.73. The summed E-state index contributed by atoms with van der Waals surface area (Å²) in [7, 11) is 1.50. The van der Waals surface area contributed by atoms with Crippen LogP contribution in [0.15, 0.2) is 40.8 Å². The quantitative estimate of drug-likeness (QED) is 0.348. The molecule has 0 bridgehead atoms. The molecule has 0 aliphatic rings. The van der Waals surface area contributed by atoms with Gasteiger partial charge >= 0.3 is 11.9 Å². The summed E-state index contributed by atoms with van der Waals surface area (Å²) in [6.07, 6.45) is -1.07. The molecule has 1 aromatic heterocycles. The number of ketones is 1. The summed E-state index contributed by atoms with van der Waals surface area (Å²) in [5.41, 5.74) is 0.344. The summed E-state index contributed by atoms with van der Waals surface area (Å²) < 4.78 is 14.7. The van der Waals surface area contributed by atoms with Gasteiger partial charge in [0.1, 0.15) is 10.7 Å². The fourth-order valence-corrected chi connectivity index (χ4v) is 1.80. The van der Waals surface area contributed by atoms with Crippen LogP contribution in [0.3, 0.4) is 0 Å². The molecule has 0 saturated heterocycles. The van der Waals surface area contributed by atoms with Crippen molar-refractivity contribution in [2.75, 3.05) is 7.11 Å². The Balaban J connectivity index is 2.04. The fraction of sp³-hybridized carbons (Fsp3) is 0.200. The van der Waals surface area contributed by atoms with E-state index in [0.717, 1.165) is 12.1 Å². The lowest BCUT2D eigenvalue weighted by Crippen LogP contribution is -2.24. The molecule has 1 atom stereocenters. The Morgan fingerprint density at radius 3 is 2.35 bits per heavy atom. The van der Waals surface area contributed by atoms with Gasteiger partial charge in [-0.1, -0.05) is 0 Å². The number of nitro groups is 1. The fourth-order valence-electron chi connectivity index (χ4n) is 1.80. The summed E-state index contributed by atoms with van der Waals surface area (Å²) in [5, 5.41) is 10.5. The van der Waals surface area contributed by atoms with E-state index >= 15 is 0 Å². The van der Waals surface area contributed by atoms with E-state index in [-0.39, 0.29) is 5.76 Å². The molecule has 1 heterocycles. The summed E-state index contributed by atoms with van der Waals surface area (Å²) in [6.45, 7) is 1.40. The highest BCUT2D eigenvalue weighted by molar-refractivity contribution is 6.01. The van der Waals surface area contributed by atoms with Crippen molar-refractivity contribution in [1.29, 1.82) is 0 Å². The third-order valence-electron chi connectivity index (χ3n) is 3.00. The summed E-state index contributed by atoms with van der Waals surface area (Å²) >= 11 is 0. The number of carbonyl (C=O) groups excluding carboxylic acids is 2. The lowest BCUT2D eigenvalue weighted by Gasteiger charge is -2.11. The molecule has 8 heteroatoms. The molecule has 0 N–H and O–H groups in total. The van der Waals surface area contributed by atoms with E-state index in [2.05, 4.69) is 0 Å². The molecule has 23 heavy (non-hydrogen) atoms. The van der Waals surface area contributed by atoms with Crippen LogP contribution in [0.5, 0.6) is 5.75 Å². The molecule has 0 spiro atoms. The van der Waals surface area contributed by atoms with E-state index in [1.54, 1.807) is 24.3 Å². The number of furan rings is 1. The molecular weight excluding hydrogens is 306 g/mol. The van der Waals surface area contributed by atoms with Crippen molar-refractivity contribution in [2.24, 2.45) is 0 Å². The topological polar surface area (TPSA) is 109 Å². The Hall–Kier alpha value is -3.16. The second-order valence-electron chi connectivity index (χ2n) is 4.54. The van der Waals surface area contributed by atoms with Gasteiger partial charge in [0.2, 0.25) is 11.5 Å². The van der Waals surface area contributed by atoms with Crippen LogP contribution in [-0.4, -0.2) is 29.9 Å². The highest BCUT2D eigenvalue weighted by atomic mass is 16.7. The number of rotatable bonds is 6. The van der Waals surface area contributed by atoms with Crippen molar-refractivity contribution in [2.45, 2.75) is 13.0 Å². The maximum absolute atomic E-state index is 12.2. The first kappa shape index (κ1) is 16.2. The smallest absolute Gasteiger partial charge is 0.433 e. The first-order valence-electron chi connectivity index (χ1n) is 6.56. The number of benzene rings is 1. The predicted molar refractivity (Wildman–Crippen MR) is 77.6 cm³/mol. The molecule has 120 valence electrons. The molecule has 8 nitrogen and oxygen atoms in total. The SMILES string of the molecule is COc1ccc(C(=O)[C@H](C)OC(=O)c2ccc([N+](=O)[O-])o2)cc1. The summed E-state index contributed by atoms with van der Waals surface area (Å²) in [4.78, 5) is 33.7. The first-order chi connectivity index (χ1) is 10.9. The van der Waals surface area contributed by atoms with Gasteiger partial charge in [0.15, 0.2) is 6.10 Å². The van der Waals surface area contributed by atoms with Gasteiger partial charge in [-0.15, -0.1) is 0 Å². The second-order valence-corrected chi connectivity index (χ2v) is 4.54. The largest absolute Gasteiger partial charge is 0.497 e. The molecule has 0 unspecified atom stereocenters. The van der Waals surface area contributed by atoms with Crippen molar-refractivity contribution < 1.29 is 28.4 Å². The van der Waals surface area contributed by atoms with Gasteiger partial charge in [0, 0.05) is 5.56 Å². The normalized spacial score (nSPS) is 11.6. The molecule has 2 aromatic rings. The highest BCUT2D eigenvalue weighted by Crippen LogP contribution is 2.18. The van der Waals surface area contributed by atoms with E-state index in [9.17, 15) is 19.7 Å². The Kier molecular flexibility index (Phi) is 4.75. The molecule has 0 aliphatic heterocycles. The predicted octanol–water partition coefficient (Wildman–Crippen LogP) is 2.62. The molecule has 0 fully saturated rings. The maximum Gasteiger partial charge on any atom is 0.433 e. The molecule has 0 radical (unpaired) electrons. The Bertz CT molecular complexity index is 733. The van der Waals surface area contributed by atoms with Crippen LogP contribution in [-0.2, 0) is 4.74 Å². The van der Waals surface area contributed by atoms with Gasteiger partial charge in [-0.05, 0) is 37.3 Å². The van der Waals surface area contributed by atoms with Crippen molar-refractivity contribution in [3.05, 3.63) is 57.8 Å². The van der Waals surface area contributed by atoms with Gasteiger partial charge in [-0.25, -0.2) is 4.79 Å². The van der Waals surface area contributed by atoms with Crippen LogP contribution in [0.1, 0.15) is 27.8 Å². The van der Waals surface area contributed by atoms with Crippen molar-refractivity contribution in [3.63, 3.8) is 0 Å². The summed E-state index contributed by atoms with van der Waals surface area (Å²) in [5.74, 6) is -1.69.